The molecular formula is C23H28N2O4. The summed E-state index contributed by atoms with van der Waals surface area (Å²) in [6.45, 7) is 0. The molecule has 1 aliphatic carbocycles. The van der Waals surface area contributed by atoms with Crippen LogP contribution in [-0.4, -0.2) is 44.0 Å². The minimum Gasteiger partial charge on any atom is -0.493 e. The summed E-state index contributed by atoms with van der Waals surface area (Å²) in [7, 11) is 5.04. The predicted octanol–water partition coefficient (Wildman–Crippen LogP) is 3.90. The van der Waals surface area contributed by atoms with Gasteiger partial charge in [0.05, 0.1) is 19.6 Å². The van der Waals surface area contributed by atoms with Crippen LogP contribution in [0, 0.1) is 0 Å². The standard InChI is InChI=1S/C23H28N2O4/c1-25(2)22(26)14-16-8-11-18(12-9-16)24-23(27)17-10-13-20(21(15-17)28-3)29-19-6-4-5-7-19/h8-13,15,19H,4-7,14H2,1-3H3,(H,24,27). The molecule has 0 radical (unpaired) electrons. The molecule has 0 aliphatic heterocycles. The fourth-order valence-corrected chi connectivity index (χ4v) is 3.33. The molecule has 0 aromatic heterocycles. The van der Waals surface area contributed by atoms with Crippen LogP contribution in [0.4, 0.5) is 5.69 Å². The van der Waals surface area contributed by atoms with E-state index in [1.54, 1.807) is 56.4 Å². The first kappa shape index (κ1) is 20.7. The van der Waals surface area contributed by atoms with E-state index in [4.69, 9.17) is 9.47 Å². The van der Waals surface area contributed by atoms with E-state index < -0.39 is 0 Å². The molecule has 6 nitrogen and oxygen atoms in total. The van der Waals surface area contributed by atoms with Crippen LogP contribution in [0.1, 0.15) is 41.6 Å². The van der Waals surface area contributed by atoms with E-state index >= 15 is 0 Å². The van der Waals surface area contributed by atoms with Gasteiger partial charge < -0.3 is 19.7 Å². The van der Waals surface area contributed by atoms with Gasteiger partial charge in [-0.1, -0.05) is 12.1 Å². The van der Waals surface area contributed by atoms with Crippen molar-refractivity contribution >= 4 is 17.5 Å². The molecule has 0 atom stereocenters. The summed E-state index contributed by atoms with van der Waals surface area (Å²) in [5.41, 5.74) is 2.06. The average Bonchev–Trinajstić information content (AvgIpc) is 3.22. The highest BCUT2D eigenvalue weighted by Crippen LogP contribution is 2.32. The number of benzene rings is 2. The zero-order valence-electron chi connectivity index (χ0n) is 17.2. The second-order valence-corrected chi connectivity index (χ2v) is 7.51. The zero-order valence-corrected chi connectivity index (χ0v) is 17.2. The van der Waals surface area contributed by atoms with Gasteiger partial charge in [0.1, 0.15) is 0 Å². The van der Waals surface area contributed by atoms with Gasteiger partial charge in [-0.3, -0.25) is 9.59 Å². The highest BCUT2D eigenvalue weighted by molar-refractivity contribution is 6.04. The van der Waals surface area contributed by atoms with Gasteiger partial charge in [0.25, 0.3) is 5.91 Å². The summed E-state index contributed by atoms with van der Waals surface area (Å²) in [5, 5.41) is 2.87. The number of methoxy groups -OCH3 is 1. The largest absolute Gasteiger partial charge is 0.493 e. The van der Waals surface area contributed by atoms with Gasteiger partial charge in [-0.05, 0) is 61.6 Å². The molecule has 1 aliphatic rings. The molecule has 3 rings (SSSR count). The van der Waals surface area contributed by atoms with Crippen LogP contribution >= 0.6 is 0 Å². The van der Waals surface area contributed by atoms with E-state index in [1.165, 1.54) is 12.8 Å². The van der Waals surface area contributed by atoms with Crippen molar-refractivity contribution in [3.63, 3.8) is 0 Å². The molecule has 2 aromatic carbocycles. The third kappa shape index (κ3) is 5.50. The third-order valence-corrected chi connectivity index (χ3v) is 5.09. The van der Waals surface area contributed by atoms with E-state index in [0.29, 0.717) is 29.2 Å². The second kappa shape index (κ2) is 9.45. The number of ether oxygens (including phenoxy) is 2. The molecule has 6 heteroatoms. The lowest BCUT2D eigenvalue weighted by molar-refractivity contribution is -0.127. The summed E-state index contributed by atoms with van der Waals surface area (Å²) in [6, 6.07) is 12.5. The lowest BCUT2D eigenvalue weighted by atomic mass is 10.1. The maximum Gasteiger partial charge on any atom is 0.255 e. The smallest absolute Gasteiger partial charge is 0.255 e. The quantitative estimate of drug-likeness (QED) is 0.771. The molecule has 0 unspecified atom stereocenters. The Bertz CT molecular complexity index is 856. The first-order valence-electron chi connectivity index (χ1n) is 9.91. The first-order valence-corrected chi connectivity index (χ1v) is 9.91. The van der Waals surface area contributed by atoms with Gasteiger partial charge in [-0.15, -0.1) is 0 Å². The first-order chi connectivity index (χ1) is 14.0. The molecule has 0 heterocycles. The zero-order chi connectivity index (χ0) is 20.8. The topological polar surface area (TPSA) is 67.9 Å². The molecule has 29 heavy (non-hydrogen) atoms. The number of amides is 2. The summed E-state index contributed by atoms with van der Waals surface area (Å²) in [5.74, 6) is 1.04. The molecule has 0 spiro atoms. The van der Waals surface area contributed by atoms with Crippen LogP contribution in [-0.2, 0) is 11.2 Å². The molecule has 2 aromatic rings. The van der Waals surface area contributed by atoms with Crippen LogP contribution in [0.15, 0.2) is 42.5 Å². The number of carbonyl (C=O) groups excluding carboxylic acids is 2. The number of anilines is 1. The van der Waals surface area contributed by atoms with E-state index in [0.717, 1.165) is 18.4 Å². The van der Waals surface area contributed by atoms with Crippen molar-refractivity contribution in [1.82, 2.24) is 4.90 Å². The van der Waals surface area contributed by atoms with E-state index in [1.807, 2.05) is 12.1 Å². The lowest BCUT2D eigenvalue weighted by Gasteiger charge is -2.16. The summed E-state index contributed by atoms with van der Waals surface area (Å²) in [4.78, 5) is 26.0. The SMILES string of the molecule is COc1cc(C(=O)Nc2ccc(CC(=O)N(C)C)cc2)ccc1OC1CCCC1. The highest BCUT2D eigenvalue weighted by atomic mass is 16.5. The van der Waals surface area contributed by atoms with Crippen molar-refractivity contribution in [2.75, 3.05) is 26.5 Å². The van der Waals surface area contributed by atoms with Gasteiger partial charge in [0.2, 0.25) is 5.91 Å². The Hall–Kier alpha value is -3.02. The number of nitrogens with one attached hydrogen (secondary N) is 1. The Morgan fingerprint density at radius 2 is 1.72 bits per heavy atom. The van der Waals surface area contributed by atoms with Crippen molar-refractivity contribution in [1.29, 1.82) is 0 Å². The Balaban J connectivity index is 1.64. The van der Waals surface area contributed by atoms with Crippen molar-refractivity contribution < 1.29 is 19.1 Å². The number of hydrogen-bond donors (Lipinski definition) is 1. The Morgan fingerprint density at radius 3 is 2.34 bits per heavy atom. The van der Waals surface area contributed by atoms with Crippen LogP contribution in [0.3, 0.4) is 0 Å². The van der Waals surface area contributed by atoms with Crippen molar-refractivity contribution in [2.45, 2.75) is 38.2 Å². The molecule has 154 valence electrons. The summed E-state index contributed by atoms with van der Waals surface area (Å²) in [6.07, 6.45) is 5.05. The van der Waals surface area contributed by atoms with E-state index in [-0.39, 0.29) is 17.9 Å². The molecule has 0 bridgehead atoms. The van der Waals surface area contributed by atoms with E-state index in [2.05, 4.69) is 5.32 Å². The van der Waals surface area contributed by atoms with Gasteiger partial charge in [-0.25, -0.2) is 0 Å². The molecule has 1 N–H and O–H groups in total. The fraction of sp³-hybridized carbons (Fsp3) is 0.391. The lowest BCUT2D eigenvalue weighted by Crippen LogP contribution is -2.23. The fourth-order valence-electron chi connectivity index (χ4n) is 3.33. The Kier molecular flexibility index (Phi) is 6.75. The van der Waals surface area contributed by atoms with Gasteiger partial charge >= 0.3 is 0 Å². The minimum atomic E-state index is -0.229. The number of rotatable bonds is 7. The van der Waals surface area contributed by atoms with Crippen molar-refractivity contribution in [3.8, 4) is 11.5 Å². The molecule has 0 saturated heterocycles. The Morgan fingerprint density at radius 1 is 1.03 bits per heavy atom. The summed E-state index contributed by atoms with van der Waals surface area (Å²) < 4.78 is 11.5. The normalized spacial score (nSPS) is 13.8. The molecule has 2 amide bonds. The third-order valence-electron chi connectivity index (χ3n) is 5.09. The maximum atomic E-state index is 12.6. The van der Waals surface area contributed by atoms with Gasteiger partial charge in [-0.2, -0.15) is 0 Å². The predicted molar refractivity (Wildman–Crippen MR) is 113 cm³/mol. The number of hydrogen-bond acceptors (Lipinski definition) is 4. The minimum absolute atomic E-state index is 0.0359. The average molecular weight is 396 g/mol. The monoisotopic (exact) mass is 396 g/mol. The maximum absolute atomic E-state index is 12.6. The number of likely N-dealkylation sites (N-methyl/N-ethyl adjacent to an activating group) is 1. The van der Waals surface area contributed by atoms with Crippen molar-refractivity contribution in [2.24, 2.45) is 0 Å². The van der Waals surface area contributed by atoms with Crippen LogP contribution < -0.4 is 14.8 Å². The summed E-state index contributed by atoms with van der Waals surface area (Å²) >= 11 is 0. The second-order valence-electron chi connectivity index (χ2n) is 7.51. The van der Waals surface area contributed by atoms with Gasteiger partial charge in [0, 0.05) is 25.3 Å². The molecule has 1 saturated carbocycles. The van der Waals surface area contributed by atoms with Gasteiger partial charge in [0.15, 0.2) is 11.5 Å². The molecule has 1 fully saturated rings. The van der Waals surface area contributed by atoms with Crippen LogP contribution in [0.5, 0.6) is 11.5 Å². The van der Waals surface area contributed by atoms with Crippen molar-refractivity contribution in [3.05, 3.63) is 53.6 Å². The highest BCUT2D eigenvalue weighted by Gasteiger charge is 2.19. The van der Waals surface area contributed by atoms with Crippen LogP contribution in [0.25, 0.3) is 0 Å². The Labute approximate surface area is 171 Å². The molecular weight excluding hydrogens is 368 g/mol. The number of nitrogens with zero attached hydrogens (tertiary/aromatic N) is 1. The van der Waals surface area contributed by atoms with E-state index in [9.17, 15) is 9.59 Å². The number of carbonyl (C=O) groups is 2. The van der Waals surface area contributed by atoms with Crippen LogP contribution in [0.2, 0.25) is 0 Å².